The van der Waals surface area contributed by atoms with Gasteiger partial charge in [-0.3, -0.25) is 4.79 Å². The van der Waals surface area contributed by atoms with Crippen molar-refractivity contribution in [2.24, 2.45) is 0 Å². The Balaban J connectivity index is 2.66. The van der Waals surface area contributed by atoms with Crippen LogP contribution >= 0.6 is 0 Å². The van der Waals surface area contributed by atoms with Crippen molar-refractivity contribution >= 4 is 11.6 Å². The molecule has 16 heavy (non-hydrogen) atoms. The Morgan fingerprint density at radius 3 is 2.69 bits per heavy atom. The standard InChI is InChI=1S/C13H20N2O/c1-3-7-13(16)15-12-9-6-5-8-11(12)10-14-4-2/h5-6,8-9,14H,3-4,7,10H2,1-2H3,(H,15,16). The normalized spacial score (nSPS) is 10.1. The summed E-state index contributed by atoms with van der Waals surface area (Å²) in [6, 6.07) is 7.91. The first-order chi connectivity index (χ1) is 7.77. The molecule has 1 aromatic carbocycles. The maximum absolute atomic E-state index is 11.5. The third kappa shape index (κ3) is 4.03. The first-order valence-electron chi connectivity index (χ1n) is 5.86. The molecule has 0 spiro atoms. The van der Waals surface area contributed by atoms with Crippen molar-refractivity contribution in [1.29, 1.82) is 0 Å². The van der Waals surface area contributed by atoms with Gasteiger partial charge in [0.05, 0.1) is 0 Å². The Morgan fingerprint density at radius 1 is 1.25 bits per heavy atom. The van der Waals surface area contributed by atoms with Crippen LogP contribution in [0.2, 0.25) is 0 Å². The summed E-state index contributed by atoms with van der Waals surface area (Å²) in [5.41, 5.74) is 2.05. The second-order valence-corrected chi connectivity index (χ2v) is 3.74. The van der Waals surface area contributed by atoms with E-state index in [1.165, 1.54) is 0 Å². The molecule has 0 aliphatic heterocycles. The maximum Gasteiger partial charge on any atom is 0.224 e. The highest BCUT2D eigenvalue weighted by molar-refractivity contribution is 5.91. The smallest absolute Gasteiger partial charge is 0.224 e. The molecular formula is C13H20N2O. The molecule has 0 fully saturated rings. The van der Waals surface area contributed by atoms with Gasteiger partial charge in [-0.1, -0.05) is 32.0 Å². The number of benzene rings is 1. The summed E-state index contributed by atoms with van der Waals surface area (Å²) in [5, 5.41) is 6.20. The van der Waals surface area contributed by atoms with E-state index in [0.717, 1.165) is 30.8 Å². The van der Waals surface area contributed by atoms with Gasteiger partial charge in [-0.2, -0.15) is 0 Å². The van der Waals surface area contributed by atoms with Crippen molar-refractivity contribution in [1.82, 2.24) is 5.32 Å². The average Bonchev–Trinajstić information content (AvgIpc) is 2.28. The Bertz CT molecular complexity index is 336. The Hall–Kier alpha value is -1.35. The lowest BCUT2D eigenvalue weighted by molar-refractivity contribution is -0.116. The largest absolute Gasteiger partial charge is 0.326 e. The van der Waals surface area contributed by atoms with E-state index >= 15 is 0 Å². The summed E-state index contributed by atoms with van der Waals surface area (Å²) in [5.74, 6) is 0.0893. The van der Waals surface area contributed by atoms with E-state index in [2.05, 4.69) is 17.6 Å². The van der Waals surface area contributed by atoms with Gasteiger partial charge in [-0.25, -0.2) is 0 Å². The Kier molecular flexibility index (Phi) is 5.57. The molecule has 1 amide bonds. The second kappa shape index (κ2) is 7.01. The molecule has 0 aliphatic carbocycles. The number of hydrogen-bond acceptors (Lipinski definition) is 2. The zero-order chi connectivity index (χ0) is 11.8. The fraction of sp³-hybridized carbons (Fsp3) is 0.462. The van der Waals surface area contributed by atoms with Gasteiger partial charge in [0.25, 0.3) is 0 Å². The summed E-state index contributed by atoms with van der Waals surface area (Å²) < 4.78 is 0. The molecule has 88 valence electrons. The van der Waals surface area contributed by atoms with E-state index in [1.807, 2.05) is 31.2 Å². The number of nitrogens with one attached hydrogen (secondary N) is 2. The molecule has 0 saturated heterocycles. The third-order valence-corrected chi connectivity index (χ3v) is 2.33. The molecule has 2 N–H and O–H groups in total. The monoisotopic (exact) mass is 220 g/mol. The molecule has 0 saturated carbocycles. The van der Waals surface area contributed by atoms with Crippen LogP contribution in [0.15, 0.2) is 24.3 Å². The molecule has 1 rings (SSSR count). The molecule has 1 aromatic rings. The van der Waals surface area contributed by atoms with E-state index in [1.54, 1.807) is 0 Å². The third-order valence-electron chi connectivity index (χ3n) is 2.33. The quantitative estimate of drug-likeness (QED) is 0.773. The first-order valence-corrected chi connectivity index (χ1v) is 5.86. The molecule has 0 aromatic heterocycles. The topological polar surface area (TPSA) is 41.1 Å². The van der Waals surface area contributed by atoms with Crippen molar-refractivity contribution in [3.8, 4) is 0 Å². The van der Waals surface area contributed by atoms with E-state index in [9.17, 15) is 4.79 Å². The van der Waals surface area contributed by atoms with Gasteiger partial charge in [0.1, 0.15) is 0 Å². The fourth-order valence-corrected chi connectivity index (χ4v) is 1.50. The Morgan fingerprint density at radius 2 is 2.00 bits per heavy atom. The predicted octanol–water partition coefficient (Wildman–Crippen LogP) is 2.53. The summed E-state index contributed by atoms with van der Waals surface area (Å²) >= 11 is 0. The molecule has 0 bridgehead atoms. The highest BCUT2D eigenvalue weighted by atomic mass is 16.1. The van der Waals surface area contributed by atoms with Crippen LogP contribution in [0.4, 0.5) is 5.69 Å². The SMILES string of the molecule is CCCC(=O)Nc1ccccc1CNCC. The fourth-order valence-electron chi connectivity index (χ4n) is 1.50. The minimum Gasteiger partial charge on any atom is -0.326 e. The predicted molar refractivity (Wildman–Crippen MR) is 67.4 cm³/mol. The lowest BCUT2D eigenvalue weighted by Gasteiger charge is -2.10. The molecular weight excluding hydrogens is 200 g/mol. The number of para-hydroxylation sites is 1. The van der Waals surface area contributed by atoms with Crippen molar-refractivity contribution in [2.75, 3.05) is 11.9 Å². The minimum absolute atomic E-state index is 0.0893. The minimum atomic E-state index is 0.0893. The first kappa shape index (κ1) is 12.7. The van der Waals surface area contributed by atoms with Crippen LogP contribution in [0.3, 0.4) is 0 Å². The van der Waals surface area contributed by atoms with E-state index in [0.29, 0.717) is 6.42 Å². The zero-order valence-electron chi connectivity index (χ0n) is 10.0. The van der Waals surface area contributed by atoms with Crippen molar-refractivity contribution in [2.45, 2.75) is 33.2 Å². The number of carbonyl (C=O) groups is 1. The van der Waals surface area contributed by atoms with Gasteiger partial charge >= 0.3 is 0 Å². The van der Waals surface area contributed by atoms with E-state index in [-0.39, 0.29) is 5.91 Å². The number of anilines is 1. The van der Waals surface area contributed by atoms with Crippen LogP contribution < -0.4 is 10.6 Å². The van der Waals surface area contributed by atoms with Crippen LogP contribution in [0, 0.1) is 0 Å². The highest BCUT2D eigenvalue weighted by Crippen LogP contribution is 2.15. The second-order valence-electron chi connectivity index (χ2n) is 3.74. The van der Waals surface area contributed by atoms with Crippen LogP contribution in [-0.4, -0.2) is 12.5 Å². The van der Waals surface area contributed by atoms with Crippen LogP contribution in [0.1, 0.15) is 32.3 Å². The molecule has 3 heteroatoms. The van der Waals surface area contributed by atoms with E-state index < -0.39 is 0 Å². The van der Waals surface area contributed by atoms with Gasteiger partial charge in [0.15, 0.2) is 0 Å². The highest BCUT2D eigenvalue weighted by Gasteiger charge is 2.04. The van der Waals surface area contributed by atoms with Crippen LogP contribution in [-0.2, 0) is 11.3 Å². The molecule has 3 nitrogen and oxygen atoms in total. The number of hydrogen-bond donors (Lipinski definition) is 2. The number of rotatable bonds is 6. The van der Waals surface area contributed by atoms with Crippen molar-refractivity contribution in [3.63, 3.8) is 0 Å². The maximum atomic E-state index is 11.5. The molecule has 0 radical (unpaired) electrons. The lowest BCUT2D eigenvalue weighted by Crippen LogP contribution is -2.16. The van der Waals surface area contributed by atoms with Gasteiger partial charge < -0.3 is 10.6 Å². The summed E-state index contributed by atoms with van der Waals surface area (Å²) in [4.78, 5) is 11.5. The average molecular weight is 220 g/mol. The van der Waals surface area contributed by atoms with Gasteiger partial charge in [-0.05, 0) is 24.6 Å². The number of amides is 1. The zero-order valence-corrected chi connectivity index (χ0v) is 10.0. The summed E-state index contributed by atoms with van der Waals surface area (Å²) in [6.07, 6.45) is 1.46. The molecule has 0 unspecified atom stereocenters. The van der Waals surface area contributed by atoms with Gasteiger partial charge in [0, 0.05) is 18.7 Å². The van der Waals surface area contributed by atoms with Crippen LogP contribution in [0.5, 0.6) is 0 Å². The molecule has 0 aliphatic rings. The van der Waals surface area contributed by atoms with E-state index in [4.69, 9.17) is 0 Å². The van der Waals surface area contributed by atoms with Crippen LogP contribution in [0.25, 0.3) is 0 Å². The molecule has 0 heterocycles. The summed E-state index contributed by atoms with van der Waals surface area (Å²) in [6.45, 7) is 5.79. The Labute approximate surface area is 97.2 Å². The van der Waals surface area contributed by atoms with Crippen molar-refractivity contribution in [3.05, 3.63) is 29.8 Å². The summed E-state index contributed by atoms with van der Waals surface area (Å²) in [7, 11) is 0. The number of carbonyl (C=O) groups excluding carboxylic acids is 1. The van der Waals surface area contributed by atoms with Crippen molar-refractivity contribution < 1.29 is 4.79 Å². The molecule has 0 atom stereocenters. The lowest BCUT2D eigenvalue weighted by atomic mass is 10.1. The van der Waals surface area contributed by atoms with Gasteiger partial charge in [0.2, 0.25) is 5.91 Å². The van der Waals surface area contributed by atoms with Gasteiger partial charge in [-0.15, -0.1) is 0 Å².